The third-order valence-electron chi connectivity index (χ3n) is 4.81. The average molecular weight is 395 g/mol. The number of primary sulfonamides is 1. The molecule has 0 spiro atoms. The van der Waals surface area contributed by atoms with Crippen LogP contribution in [0.4, 0.5) is 5.69 Å². The maximum atomic E-state index is 12.8. The number of esters is 1. The van der Waals surface area contributed by atoms with Crippen molar-refractivity contribution >= 4 is 27.6 Å². The Morgan fingerprint density at radius 1 is 1.30 bits per heavy atom. The molecule has 9 heteroatoms. The Morgan fingerprint density at radius 3 is 2.67 bits per heavy atom. The number of nitrogens with zero attached hydrogens (tertiary/aromatic N) is 2. The molecule has 3 rings (SSSR count). The monoisotopic (exact) mass is 395 g/mol. The zero-order valence-corrected chi connectivity index (χ0v) is 16.2. The highest BCUT2D eigenvalue weighted by Gasteiger charge is 2.30. The lowest BCUT2D eigenvalue weighted by atomic mass is 10.2. The molecule has 2 N–H and O–H groups in total. The van der Waals surface area contributed by atoms with Crippen LogP contribution in [0.1, 0.15) is 25.3 Å². The summed E-state index contributed by atoms with van der Waals surface area (Å²) < 4.78 is 28.0. The number of anilines is 1. The molecular weight excluding hydrogens is 370 g/mol. The number of sulfonamides is 1. The minimum atomic E-state index is -3.77. The third kappa shape index (κ3) is 5.06. The van der Waals surface area contributed by atoms with Crippen LogP contribution in [0.3, 0.4) is 0 Å². The molecule has 1 aliphatic heterocycles. The number of amides is 1. The highest BCUT2D eigenvalue weighted by atomic mass is 32.2. The molecule has 0 radical (unpaired) electrons. The van der Waals surface area contributed by atoms with E-state index in [4.69, 9.17) is 9.88 Å². The fraction of sp³-hybridized carbons (Fsp3) is 0.556. The summed E-state index contributed by atoms with van der Waals surface area (Å²) in [4.78, 5) is 28.2. The Labute approximate surface area is 159 Å². The molecular formula is C18H25N3O5S. The van der Waals surface area contributed by atoms with E-state index in [1.807, 2.05) is 4.90 Å². The number of nitrogens with two attached hydrogens (primary N) is 1. The van der Waals surface area contributed by atoms with Gasteiger partial charge in [-0.25, -0.2) is 13.6 Å². The number of benzene rings is 1. The van der Waals surface area contributed by atoms with Gasteiger partial charge in [-0.3, -0.25) is 14.5 Å². The molecule has 1 aromatic rings. The number of fused-ring (bicyclic) bond motifs is 1. The predicted molar refractivity (Wildman–Crippen MR) is 99.7 cm³/mol. The fourth-order valence-electron chi connectivity index (χ4n) is 3.33. The highest BCUT2D eigenvalue weighted by molar-refractivity contribution is 7.89. The molecule has 8 nitrogen and oxygen atoms in total. The Hall–Kier alpha value is -1.97. The first kappa shape index (κ1) is 19.8. The summed E-state index contributed by atoms with van der Waals surface area (Å²) in [6.07, 6.45) is 2.82. The van der Waals surface area contributed by atoms with Crippen molar-refractivity contribution < 1.29 is 22.7 Å². The first-order chi connectivity index (χ1) is 12.8. The number of carbonyl (C=O) groups is 2. The summed E-state index contributed by atoms with van der Waals surface area (Å²) in [5.41, 5.74) is 1.49. The van der Waals surface area contributed by atoms with Crippen LogP contribution in [-0.4, -0.2) is 58.0 Å². The van der Waals surface area contributed by atoms with Gasteiger partial charge in [-0.2, -0.15) is 0 Å². The standard InChI is InChI=1S/C18H25N3O5S/c1-2-26-18(23)12-20(10-13-3-4-13)11-17(22)21-8-7-14-9-15(27(19,24)25)5-6-16(14)21/h5-6,9,13H,2-4,7-8,10-12H2,1H3,(H2,19,24,25). The smallest absolute Gasteiger partial charge is 0.320 e. The van der Waals surface area contributed by atoms with E-state index >= 15 is 0 Å². The number of ether oxygens (including phenoxy) is 1. The third-order valence-corrected chi connectivity index (χ3v) is 5.72. The van der Waals surface area contributed by atoms with Crippen molar-refractivity contribution in [3.05, 3.63) is 23.8 Å². The first-order valence-electron chi connectivity index (χ1n) is 9.12. The normalized spacial score (nSPS) is 16.5. The van der Waals surface area contributed by atoms with E-state index < -0.39 is 10.0 Å². The minimum Gasteiger partial charge on any atom is -0.465 e. The van der Waals surface area contributed by atoms with Gasteiger partial charge in [0.2, 0.25) is 15.9 Å². The Kier molecular flexibility index (Phi) is 5.83. The van der Waals surface area contributed by atoms with Gasteiger partial charge in [0.25, 0.3) is 0 Å². The van der Waals surface area contributed by atoms with Gasteiger partial charge in [0.05, 0.1) is 24.6 Å². The maximum Gasteiger partial charge on any atom is 0.320 e. The highest BCUT2D eigenvalue weighted by Crippen LogP contribution is 2.31. The summed E-state index contributed by atoms with van der Waals surface area (Å²) in [5, 5.41) is 5.18. The fourth-order valence-corrected chi connectivity index (χ4v) is 3.89. The average Bonchev–Trinajstić information content (AvgIpc) is 3.29. The van der Waals surface area contributed by atoms with Crippen LogP contribution < -0.4 is 10.0 Å². The number of rotatable bonds is 8. The molecule has 1 heterocycles. The Bertz CT molecular complexity index is 835. The van der Waals surface area contributed by atoms with Gasteiger partial charge in [0.1, 0.15) is 0 Å². The van der Waals surface area contributed by atoms with Crippen LogP contribution in [0.15, 0.2) is 23.1 Å². The predicted octanol–water partition coefficient (Wildman–Crippen LogP) is 0.498. The molecule has 1 amide bonds. The summed E-state index contributed by atoms with van der Waals surface area (Å²) >= 11 is 0. The van der Waals surface area contributed by atoms with E-state index in [-0.39, 0.29) is 29.9 Å². The van der Waals surface area contributed by atoms with E-state index in [0.717, 1.165) is 18.4 Å². The second kappa shape index (κ2) is 7.95. The van der Waals surface area contributed by atoms with E-state index in [2.05, 4.69) is 0 Å². The van der Waals surface area contributed by atoms with Crippen LogP contribution in [0.2, 0.25) is 0 Å². The summed E-state index contributed by atoms with van der Waals surface area (Å²) in [5.74, 6) is 0.100. The topological polar surface area (TPSA) is 110 Å². The van der Waals surface area contributed by atoms with Crippen molar-refractivity contribution in [3.8, 4) is 0 Å². The minimum absolute atomic E-state index is 0.0493. The molecule has 27 heavy (non-hydrogen) atoms. The summed E-state index contributed by atoms with van der Waals surface area (Å²) in [6.45, 7) is 3.49. The Balaban J connectivity index is 1.69. The second-order valence-electron chi connectivity index (χ2n) is 7.05. The zero-order valence-electron chi connectivity index (χ0n) is 15.4. The van der Waals surface area contributed by atoms with Crippen molar-refractivity contribution in [2.24, 2.45) is 11.1 Å². The molecule has 2 aliphatic rings. The van der Waals surface area contributed by atoms with Crippen molar-refractivity contribution in [2.45, 2.75) is 31.1 Å². The molecule has 1 fully saturated rings. The van der Waals surface area contributed by atoms with Gasteiger partial charge in [-0.05, 0) is 55.9 Å². The van der Waals surface area contributed by atoms with Crippen molar-refractivity contribution in [1.82, 2.24) is 4.90 Å². The van der Waals surface area contributed by atoms with Crippen LogP contribution in [0.5, 0.6) is 0 Å². The zero-order chi connectivity index (χ0) is 19.6. The summed E-state index contributed by atoms with van der Waals surface area (Å²) in [6, 6.07) is 4.56. The molecule has 0 atom stereocenters. The lowest BCUT2D eigenvalue weighted by molar-refractivity contribution is -0.144. The SMILES string of the molecule is CCOC(=O)CN(CC(=O)N1CCc2cc(S(N)(=O)=O)ccc21)CC1CC1. The van der Waals surface area contributed by atoms with Gasteiger partial charge in [-0.15, -0.1) is 0 Å². The van der Waals surface area contributed by atoms with Gasteiger partial charge in [0.15, 0.2) is 0 Å². The summed E-state index contributed by atoms with van der Waals surface area (Å²) in [7, 11) is -3.77. The Morgan fingerprint density at radius 2 is 2.04 bits per heavy atom. The van der Waals surface area contributed by atoms with Crippen LogP contribution >= 0.6 is 0 Å². The quantitative estimate of drug-likeness (QED) is 0.642. The van der Waals surface area contributed by atoms with E-state index in [9.17, 15) is 18.0 Å². The maximum absolute atomic E-state index is 12.8. The van der Waals surface area contributed by atoms with Crippen LogP contribution in [0, 0.1) is 5.92 Å². The molecule has 1 aromatic carbocycles. The molecule has 0 saturated heterocycles. The van der Waals surface area contributed by atoms with E-state index in [1.165, 1.54) is 12.1 Å². The number of hydrogen-bond acceptors (Lipinski definition) is 6. The second-order valence-corrected chi connectivity index (χ2v) is 8.61. The van der Waals surface area contributed by atoms with Gasteiger partial charge < -0.3 is 9.64 Å². The molecule has 1 saturated carbocycles. The first-order valence-corrected chi connectivity index (χ1v) is 10.7. The lowest BCUT2D eigenvalue weighted by Gasteiger charge is -2.24. The largest absolute Gasteiger partial charge is 0.465 e. The van der Waals surface area contributed by atoms with Crippen LogP contribution in [0.25, 0.3) is 0 Å². The molecule has 0 aromatic heterocycles. The molecule has 148 valence electrons. The molecule has 1 aliphatic carbocycles. The van der Waals surface area contributed by atoms with Gasteiger partial charge in [-0.1, -0.05) is 0 Å². The van der Waals surface area contributed by atoms with E-state index in [0.29, 0.717) is 37.7 Å². The van der Waals surface area contributed by atoms with Gasteiger partial charge in [0, 0.05) is 18.8 Å². The lowest BCUT2D eigenvalue weighted by Crippen LogP contribution is -2.42. The van der Waals surface area contributed by atoms with Crippen molar-refractivity contribution in [1.29, 1.82) is 0 Å². The molecule has 0 bridgehead atoms. The van der Waals surface area contributed by atoms with Crippen molar-refractivity contribution in [3.63, 3.8) is 0 Å². The number of hydrogen-bond donors (Lipinski definition) is 1. The van der Waals surface area contributed by atoms with E-state index in [1.54, 1.807) is 17.9 Å². The van der Waals surface area contributed by atoms with Crippen LogP contribution in [-0.2, 0) is 30.8 Å². The van der Waals surface area contributed by atoms with Gasteiger partial charge >= 0.3 is 5.97 Å². The molecule has 0 unspecified atom stereocenters. The van der Waals surface area contributed by atoms with Crippen molar-refractivity contribution in [2.75, 3.05) is 37.7 Å². The number of carbonyl (C=O) groups excluding carboxylic acids is 2.